The van der Waals surface area contributed by atoms with E-state index in [4.69, 9.17) is 15.0 Å². The van der Waals surface area contributed by atoms with Crippen molar-refractivity contribution in [3.05, 3.63) is 39.8 Å². The highest BCUT2D eigenvalue weighted by Gasteiger charge is 2.59. The summed E-state index contributed by atoms with van der Waals surface area (Å²) in [6.07, 6.45) is -3.76. The van der Waals surface area contributed by atoms with Gasteiger partial charge in [0.15, 0.2) is 0 Å². The van der Waals surface area contributed by atoms with Gasteiger partial charge < -0.3 is 15.5 Å². The number of halogens is 5. The third-order valence-electron chi connectivity index (χ3n) is 3.65. The van der Waals surface area contributed by atoms with E-state index in [1.54, 1.807) is 17.5 Å². The Morgan fingerprint density at radius 2 is 1.89 bits per heavy atom. The molecule has 0 radical (unpaired) electrons. The zero-order valence-corrected chi connectivity index (χ0v) is 14.7. The van der Waals surface area contributed by atoms with Crippen molar-refractivity contribution >= 4 is 23.3 Å². The summed E-state index contributed by atoms with van der Waals surface area (Å²) in [5, 5.41) is 24.9. The van der Waals surface area contributed by atoms with E-state index in [2.05, 4.69) is 10.4 Å². The fourth-order valence-electron chi connectivity index (χ4n) is 2.21. The van der Waals surface area contributed by atoms with Gasteiger partial charge in [0.05, 0.1) is 5.69 Å². The summed E-state index contributed by atoms with van der Waals surface area (Å²) in [4.78, 5) is 20.2. The van der Waals surface area contributed by atoms with E-state index in [0.717, 1.165) is 0 Å². The molecule has 1 unspecified atom stereocenters. The molecule has 3 rings (SSSR count). The Kier molecular flexibility index (Phi) is 6.39. The summed E-state index contributed by atoms with van der Waals surface area (Å²) < 4.78 is 59.2. The molecule has 7 nitrogen and oxygen atoms in total. The molecule has 0 spiro atoms. The average Bonchev–Trinajstić information content (AvgIpc) is 2.99. The Balaban J connectivity index is 0.000000345. The van der Waals surface area contributed by atoms with Crippen LogP contribution in [0.1, 0.15) is 33.4 Å². The van der Waals surface area contributed by atoms with Crippen molar-refractivity contribution in [3.8, 4) is 0 Å². The molecule has 3 N–H and O–H groups in total. The van der Waals surface area contributed by atoms with Gasteiger partial charge in [-0.1, -0.05) is 0 Å². The highest BCUT2D eigenvalue weighted by Crippen LogP contribution is 2.52. The summed E-state index contributed by atoms with van der Waals surface area (Å²) in [5.74, 6) is -6.37. The highest BCUT2D eigenvalue weighted by atomic mass is 32.1. The molecule has 0 saturated heterocycles. The molecular formula is C15H14F5N3O4S. The number of aromatic nitrogens is 2. The van der Waals surface area contributed by atoms with Gasteiger partial charge >= 0.3 is 18.1 Å². The van der Waals surface area contributed by atoms with Crippen molar-refractivity contribution < 1.29 is 41.8 Å². The topological polar surface area (TPSA) is 104 Å². The first-order valence-electron chi connectivity index (χ1n) is 7.64. The second kappa shape index (κ2) is 8.22. The lowest BCUT2D eigenvalue weighted by Crippen LogP contribution is -2.21. The molecule has 2 aromatic rings. The maximum Gasteiger partial charge on any atom is 0.490 e. The van der Waals surface area contributed by atoms with Gasteiger partial charge in [-0.15, -0.1) is 11.3 Å². The van der Waals surface area contributed by atoms with Gasteiger partial charge in [0, 0.05) is 25.7 Å². The van der Waals surface area contributed by atoms with Crippen molar-refractivity contribution in [1.29, 1.82) is 0 Å². The first kappa shape index (κ1) is 21.8. The number of rotatable bonds is 6. The summed E-state index contributed by atoms with van der Waals surface area (Å²) in [6, 6.07) is 2.58. The number of aromatic carboxylic acids is 1. The molecule has 1 atom stereocenters. The molecule has 28 heavy (non-hydrogen) atoms. The Bertz CT molecular complexity index is 849. The molecule has 0 aliphatic heterocycles. The second-order valence-corrected chi connectivity index (χ2v) is 6.65. The monoisotopic (exact) mass is 427 g/mol. The van der Waals surface area contributed by atoms with E-state index in [-0.39, 0.29) is 6.42 Å². The number of hydrogen-bond acceptors (Lipinski definition) is 5. The minimum atomic E-state index is -5.08. The minimum absolute atomic E-state index is 0.171. The summed E-state index contributed by atoms with van der Waals surface area (Å²) in [5.41, 5.74) is 1.36. The number of carboxylic acid groups (broad SMARTS) is 2. The fourth-order valence-corrected chi connectivity index (χ4v) is 2.98. The van der Waals surface area contributed by atoms with Gasteiger partial charge in [-0.3, -0.25) is 4.68 Å². The average molecular weight is 427 g/mol. The van der Waals surface area contributed by atoms with Crippen LogP contribution in [0.15, 0.2) is 23.7 Å². The molecule has 0 aromatic carbocycles. The zero-order valence-electron chi connectivity index (χ0n) is 13.9. The van der Waals surface area contributed by atoms with Crippen molar-refractivity contribution in [2.24, 2.45) is 0 Å². The predicted octanol–water partition coefficient (Wildman–Crippen LogP) is 3.15. The molecule has 1 aliphatic rings. The number of alkyl halides is 5. The lowest BCUT2D eigenvalue weighted by molar-refractivity contribution is -0.192. The second-order valence-electron chi connectivity index (χ2n) is 5.73. The van der Waals surface area contributed by atoms with E-state index in [1.807, 2.05) is 0 Å². The molecule has 1 aliphatic carbocycles. The van der Waals surface area contributed by atoms with Crippen LogP contribution >= 0.6 is 11.3 Å². The van der Waals surface area contributed by atoms with Crippen LogP contribution in [0.5, 0.6) is 0 Å². The third-order valence-corrected chi connectivity index (χ3v) is 4.59. The number of nitrogens with one attached hydrogen (secondary N) is 1. The molecular weight excluding hydrogens is 413 g/mol. The van der Waals surface area contributed by atoms with Gasteiger partial charge in [-0.25, -0.2) is 18.4 Å². The smallest absolute Gasteiger partial charge is 0.477 e. The third kappa shape index (κ3) is 5.48. The van der Waals surface area contributed by atoms with E-state index in [9.17, 15) is 26.7 Å². The summed E-state index contributed by atoms with van der Waals surface area (Å²) in [6.45, 7) is 0.735. The van der Waals surface area contributed by atoms with Gasteiger partial charge in [0.25, 0.3) is 5.92 Å². The van der Waals surface area contributed by atoms with Crippen LogP contribution in [0, 0.1) is 0 Å². The normalized spacial score (nSPS) is 17.5. The van der Waals surface area contributed by atoms with Crippen molar-refractivity contribution in [2.75, 3.05) is 0 Å². The molecule has 0 amide bonds. The van der Waals surface area contributed by atoms with Gasteiger partial charge in [-0.05, 0) is 23.1 Å². The minimum Gasteiger partial charge on any atom is -0.477 e. The van der Waals surface area contributed by atoms with E-state index < -0.39 is 30.1 Å². The predicted molar refractivity (Wildman–Crippen MR) is 86.3 cm³/mol. The van der Waals surface area contributed by atoms with Gasteiger partial charge in [0.1, 0.15) is 10.9 Å². The molecule has 0 bridgehead atoms. The molecule has 13 heteroatoms. The van der Waals surface area contributed by atoms with E-state index in [0.29, 0.717) is 29.2 Å². The van der Waals surface area contributed by atoms with Crippen molar-refractivity contribution in [3.63, 3.8) is 0 Å². The lowest BCUT2D eigenvalue weighted by atomic mass is 10.2. The van der Waals surface area contributed by atoms with Gasteiger partial charge in [0.2, 0.25) is 0 Å². The lowest BCUT2D eigenvalue weighted by Gasteiger charge is -2.08. The molecule has 1 fully saturated rings. The van der Waals surface area contributed by atoms with Crippen LogP contribution in [0.3, 0.4) is 0 Å². The van der Waals surface area contributed by atoms with E-state index in [1.165, 1.54) is 22.2 Å². The van der Waals surface area contributed by atoms with Crippen molar-refractivity contribution in [1.82, 2.24) is 15.1 Å². The van der Waals surface area contributed by atoms with Crippen LogP contribution in [-0.2, 0) is 17.9 Å². The Labute approximate surface area is 158 Å². The summed E-state index contributed by atoms with van der Waals surface area (Å²) >= 11 is 1.17. The zero-order chi connectivity index (χ0) is 21.1. The van der Waals surface area contributed by atoms with Gasteiger partial charge in [-0.2, -0.15) is 18.3 Å². The molecule has 1 saturated carbocycles. The Morgan fingerprint density at radius 3 is 2.39 bits per heavy atom. The number of thiophene rings is 1. The number of nitrogens with zero attached hydrogens (tertiary/aromatic N) is 2. The SMILES string of the molecule is O=C(O)C(F)(F)F.O=C(O)c1sccc1CNCc1ccnn1C1CC1(F)F. The van der Waals surface area contributed by atoms with Crippen LogP contribution in [0.4, 0.5) is 22.0 Å². The van der Waals surface area contributed by atoms with Crippen LogP contribution in [-0.4, -0.2) is 44.0 Å². The number of aliphatic carboxylic acids is 1. The van der Waals surface area contributed by atoms with Crippen molar-refractivity contribution in [2.45, 2.75) is 37.7 Å². The fraction of sp³-hybridized carbons (Fsp3) is 0.400. The molecule has 2 heterocycles. The summed E-state index contributed by atoms with van der Waals surface area (Å²) in [7, 11) is 0. The molecule has 154 valence electrons. The quantitative estimate of drug-likeness (QED) is 0.612. The first-order chi connectivity index (χ1) is 12.9. The molecule has 2 aromatic heterocycles. The number of carbonyl (C=O) groups is 2. The highest BCUT2D eigenvalue weighted by molar-refractivity contribution is 7.12. The largest absolute Gasteiger partial charge is 0.490 e. The van der Waals surface area contributed by atoms with Crippen LogP contribution in [0.2, 0.25) is 0 Å². The standard InChI is InChI=1S/C13H13F2N3O2S.C2HF3O2/c14-13(15)5-10(13)18-9(1-3-17-18)7-16-6-8-2-4-21-11(8)12(19)20;3-2(4,5)1(6)7/h1-4,10,16H,5-7H2,(H,19,20);(H,6,7). The first-order valence-corrected chi connectivity index (χ1v) is 8.52. The maximum absolute atomic E-state index is 13.1. The van der Waals surface area contributed by atoms with Crippen LogP contribution in [0.25, 0.3) is 0 Å². The maximum atomic E-state index is 13.1. The van der Waals surface area contributed by atoms with Crippen LogP contribution < -0.4 is 5.32 Å². The number of hydrogen-bond donors (Lipinski definition) is 3. The Morgan fingerprint density at radius 1 is 1.29 bits per heavy atom. The Hall–Kier alpha value is -2.54. The van der Waals surface area contributed by atoms with E-state index >= 15 is 0 Å². The number of carboxylic acids is 2.